The Balaban J connectivity index is 1.78. The third-order valence-corrected chi connectivity index (χ3v) is 3.59. The number of hydrogen-bond donors (Lipinski definition) is 2. The molecule has 0 bridgehead atoms. The van der Waals surface area contributed by atoms with E-state index in [1.54, 1.807) is 42.5 Å². The quantitative estimate of drug-likeness (QED) is 0.680. The van der Waals surface area contributed by atoms with Crippen molar-refractivity contribution in [3.05, 3.63) is 78.2 Å². The van der Waals surface area contributed by atoms with Gasteiger partial charge in [0.15, 0.2) is 0 Å². The molecule has 0 aliphatic heterocycles. The molecule has 2 aromatic carbocycles. The maximum atomic E-state index is 13.8. The molecule has 6 heteroatoms. The van der Waals surface area contributed by atoms with Gasteiger partial charge in [0.1, 0.15) is 17.4 Å². The van der Waals surface area contributed by atoms with Gasteiger partial charge >= 0.3 is 0 Å². The molecule has 0 radical (unpaired) electrons. The van der Waals surface area contributed by atoms with Crippen LogP contribution in [0.4, 0.5) is 21.6 Å². The lowest BCUT2D eigenvalue weighted by Crippen LogP contribution is -2.13. The molecule has 5 nitrogen and oxygen atoms in total. The minimum atomic E-state index is -0.394. The highest BCUT2D eigenvalue weighted by molar-refractivity contribution is 6.05. The number of amides is 1. The Hall–Kier alpha value is -3.41. The number of nitrogens with one attached hydrogen (secondary N) is 2. The molecule has 0 aliphatic rings. The number of aromatic nitrogens is 1. The van der Waals surface area contributed by atoms with E-state index in [2.05, 4.69) is 15.6 Å². The van der Waals surface area contributed by atoms with Gasteiger partial charge in [0, 0.05) is 11.8 Å². The molecular formula is C20H18FN3O2. The van der Waals surface area contributed by atoms with Crippen LogP contribution in [0, 0.1) is 5.82 Å². The van der Waals surface area contributed by atoms with Crippen LogP contribution in [0.1, 0.15) is 17.3 Å². The fourth-order valence-electron chi connectivity index (χ4n) is 2.39. The normalized spacial score (nSPS) is 10.2. The first-order valence-electron chi connectivity index (χ1n) is 8.18. The third-order valence-electron chi connectivity index (χ3n) is 3.59. The van der Waals surface area contributed by atoms with Crippen molar-refractivity contribution < 1.29 is 13.9 Å². The molecule has 1 heterocycles. The Morgan fingerprint density at radius 1 is 1.08 bits per heavy atom. The number of halogens is 1. The summed E-state index contributed by atoms with van der Waals surface area (Å²) in [7, 11) is 0. The Bertz CT molecular complexity index is 915. The Morgan fingerprint density at radius 2 is 1.81 bits per heavy atom. The van der Waals surface area contributed by atoms with Gasteiger partial charge in [-0.05, 0) is 43.3 Å². The predicted molar refractivity (Wildman–Crippen MR) is 99.5 cm³/mol. The average molecular weight is 351 g/mol. The summed E-state index contributed by atoms with van der Waals surface area (Å²) in [5.74, 6) is 0.272. The molecule has 0 saturated carbocycles. The van der Waals surface area contributed by atoms with Gasteiger partial charge in [0.2, 0.25) is 0 Å². The van der Waals surface area contributed by atoms with Crippen LogP contribution in [0.2, 0.25) is 0 Å². The summed E-state index contributed by atoms with van der Waals surface area (Å²) in [6, 6.07) is 16.6. The minimum Gasteiger partial charge on any atom is -0.492 e. The fraction of sp³-hybridized carbons (Fsp3) is 0.100. The number of anilines is 3. The second-order valence-corrected chi connectivity index (χ2v) is 5.42. The largest absolute Gasteiger partial charge is 0.492 e. The summed E-state index contributed by atoms with van der Waals surface area (Å²) in [5.41, 5.74) is 1.27. The van der Waals surface area contributed by atoms with Crippen LogP contribution >= 0.6 is 0 Å². The molecule has 1 amide bonds. The number of hydrogen-bond acceptors (Lipinski definition) is 4. The van der Waals surface area contributed by atoms with Gasteiger partial charge in [0.05, 0.1) is 18.0 Å². The van der Waals surface area contributed by atoms with Crippen molar-refractivity contribution in [1.82, 2.24) is 4.98 Å². The number of rotatable bonds is 6. The first kappa shape index (κ1) is 17.4. The third kappa shape index (κ3) is 4.16. The molecular weight excluding hydrogens is 333 g/mol. The fourth-order valence-corrected chi connectivity index (χ4v) is 2.39. The molecule has 132 valence electrons. The van der Waals surface area contributed by atoms with Gasteiger partial charge in [-0.1, -0.05) is 24.3 Å². The van der Waals surface area contributed by atoms with E-state index in [0.29, 0.717) is 35.1 Å². The Kier molecular flexibility index (Phi) is 5.43. The first-order chi connectivity index (χ1) is 12.7. The lowest BCUT2D eigenvalue weighted by Gasteiger charge is -2.12. The van der Waals surface area contributed by atoms with Gasteiger partial charge in [-0.2, -0.15) is 0 Å². The molecule has 0 fully saturated rings. The number of carbonyl (C=O) groups excluding carboxylic acids is 1. The Morgan fingerprint density at radius 3 is 2.58 bits per heavy atom. The second kappa shape index (κ2) is 8.11. The molecule has 0 saturated heterocycles. The number of benzene rings is 2. The van der Waals surface area contributed by atoms with E-state index < -0.39 is 5.82 Å². The average Bonchev–Trinajstić information content (AvgIpc) is 2.66. The minimum absolute atomic E-state index is 0.291. The first-order valence-corrected chi connectivity index (χ1v) is 8.18. The van der Waals surface area contributed by atoms with Gasteiger partial charge in [-0.15, -0.1) is 0 Å². The van der Waals surface area contributed by atoms with Gasteiger partial charge in [0.25, 0.3) is 5.91 Å². The van der Waals surface area contributed by atoms with Crippen molar-refractivity contribution in [3.8, 4) is 5.75 Å². The van der Waals surface area contributed by atoms with Crippen molar-refractivity contribution in [2.24, 2.45) is 0 Å². The maximum Gasteiger partial charge on any atom is 0.255 e. The van der Waals surface area contributed by atoms with Crippen LogP contribution in [0.25, 0.3) is 0 Å². The number of ether oxygens (including phenoxy) is 1. The number of nitrogens with zero attached hydrogens (tertiary/aromatic N) is 1. The van der Waals surface area contributed by atoms with Gasteiger partial charge in [-0.25, -0.2) is 9.37 Å². The summed E-state index contributed by atoms with van der Waals surface area (Å²) in [5, 5.41) is 5.69. The van der Waals surface area contributed by atoms with E-state index in [-0.39, 0.29) is 5.91 Å². The van der Waals surface area contributed by atoms with E-state index in [0.717, 1.165) is 0 Å². The SMILES string of the molecule is CCOc1ccccc1NC(=O)c1ccnc(Nc2ccccc2F)c1. The highest BCUT2D eigenvalue weighted by Crippen LogP contribution is 2.25. The topological polar surface area (TPSA) is 63.2 Å². The lowest BCUT2D eigenvalue weighted by atomic mass is 10.2. The van der Waals surface area contributed by atoms with E-state index in [4.69, 9.17) is 4.74 Å². The summed E-state index contributed by atoms with van der Waals surface area (Å²) in [6.07, 6.45) is 1.49. The van der Waals surface area contributed by atoms with Gasteiger partial charge in [-0.3, -0.25) is 4.79 Å². The smallest absolute Gasteiger partial charge is 0.255 e. The number of carbonyl (C=O) groups is 1. The van der Waals surface area contributed by atoms with Crippen LogP contribution in [-0.2, 0) is 0 Å². The highest BCUT2D eigenvalue weighted by atomic mass is 19.1. The predicted octanol–water partition coefficient (Wildman–Crippen LogP) is 4.62. The zero-order valence-corrected chi connectivity index (χ0v) is 14.2. The van der Waals surface area contributed by atoms with Gasteiger partial charge < -0.3 is 15.4 Å². The van der Waals surface area contributed by atoms with Crippen LogP contribution < -0.4 is 15.4 Å². The lowest BCUT2D eigenvalue weighted by molar-refractivity contribution is 0.102. The monoisotopic (exact) mass is 351 g/mol. The van der Waals surface area contributed by atoms with Crippen molar-refractivity contribution in [2.45, 2.75) is 6.92 Å². The van der Waals surface area contributed by atoms with E-state index in [1.807, 2.05) is 19.1 Å². The summed E-state index contributed by atoms with van der Waals surface area (Å²) in [4.78, 5) is 16.7. The number of pyridine rings is 1. The van der Waals surface area contributed by atoms with Crippen LogP contribution in [-0.4, -0.2) is 17.5 Å². The summed E-state index contributed by atoms with van der Waals surface area (Å²) >= 11 is 0. The van der Waals surface area contributed by atoms with Crippen LogP contribution in [0.3, 0.4) is 0 Å². The molecule has 0 aliphatic carbocycles. The van der Waals surface area contributed by atoms with Crippen molar-refractivity contribution >= 4 is 23.1 Å². The molecule has 2 N–H and O–H groups in total. The van der Waals surface area contributed by atoms with Crippen LogP contribution in [0.5, 0.6) is 5.75 Å². The van der Waals surface area contributed by atoms with E-state index in [1.165, 1.54) is 12.3 Å². The molecule has 0 atom stereocenters. The molecule has 0 spiro atoms. The summed E-state index contributed by atoms with van der Waals surface area (Å²) < 4.78 is 19.3. The van der Waals surface area contributed by atoms with E-state index >= 15 is 0 Å². The van der Waals surface area contributed by atoms with Crippen molar-refractivity contribution in [2.75, 3.05) is 17.2 Å². The zero-order chi connectivity index (χ0) is 18.4. The van der Waals surface area contributed by atoms with Crippen molar-refractivity contribution in [3.63, 3.8) is 0 Å². The maximum absolute atomic E-state index is 13.8. The summed E-state index contributed by atoms with van der Waals surface area (Å²) in [6.45, 7) is 2.38. The van der Waals surface area contributed by atoms with E-state index in [9.17, 15) is 9.18 Å². The standard InChI is InChI=1S/C20H18FN3O2/c1-2-26-18-10-6-5-9-17(18)24-20(25)14-11-12-22-19(13-14)23-16-8-4-3-7-15(16)21/h3-13H,2H2,1H3,(H,22,23)(H,24,25). The van der Waals surface area contributed by atoms with Crippen LogP contribution in [0.15, 0.2) is 66.9 Å². The van der Waals surface area contributed by atoms with Crippen molar-refractivity contribution in [1.29, 1.82) is 0 Å². The zero-order valence-electron chi connectivity index (χ0n) is 14.2. The highest BCUT2D eigenvalue weighted by Gasteiger charge is 2.11. The molecule has 26 heavy (non-hydrogen) atoms. The molecule has 1 aromatic heterocycles. The second-order valence-electron chi connectivity index (χ2n) is 5.42. The Labute approximate surface area is 150 Å². The molecule has 3 aromatic rings. The molecule has 3 rings (SSSR count). The number of para-hydroxylation sites is 3. The molecule has 0 unspecified atom stereocenters.